The third-order valence-electron chi connectivity index (χ3n) is 7.24. The lowest BCUT2D eigenvalue weighted by Crippen LogP contribution is -2.61. The van der Waals surface area contributed by atoms with Crippen molar-refractivity contribution in [3.05, 3.63) is 21.0 Å². The van der Waals surface area contributed by atoms with Crippen LogP contribution < -0.4 is 0 Å². The van der Waals surface area contributed by atoms with Gasteiger partial charge in [-0.1, -0.05) is 13.8 Å². The molecule has 0 amide bonds. The maximum atomic E-state index is 13.5. The summed E-state index contributed by atoms with van der Waals surface area (Å²) in [5.74, 6) is -1.47. The van der Waals surface area contributed by atoms with Gasteiger partial charge < -0.3 is 13.9 Å². The van der Waals surface area contributed by atoms with Crippen LogP contribution in [-0.4, -0.2) is 23.8 Å². The lowest BCUT2D eigenvalue weighted by atomic mass is 9.45. The topological polar surface area (TPSA) is 82.8 Å². The maximum absolute atomic E-state index is 13.5. The van der Waals surface area contributed by atoms with Crippen LogP contribution in [0, 0.1) is 22.7 Å². The first-order valence-corrected chi connectivity index (χ1v) is 11.5. The zero-order chi connectivity index (χ0) is 21.1. The van der Waals surface area contributed by atoms with Crippen molar-refractivity contribution >= 4 is 49.6 Å². The Morgan fingerprint density at radius 2 is 1.90 bits per heavy atom. The molecule has 2 saturated carbocycles. The van der Waals surface area contributed by atoms with Crippen molar-refractivity contribution in [2.45, 2.75) is 65.1 Å². The normalized spacial score (nSPS) is 39.3. The number of esters is 2. The maximum Gasteiger partial charge on any atom is 0.310 e. The molecule has 4 rings (SSSR count). The smallest absolute Gasteiger partial charge is 0.310 e. The summed E-state index contributed by atoms with van der Waals surface area (Å²) in [4.78, 5) is 38.0. The Balaban J connectivity index is 1.73. The molecule has 8 heteroatoms. The molecule has 1 aliphatic heterocycles. The summed E-state index contributed by atoms with van der Waals surface area (Å²) in [5.41, 5.74) is -0.0430. The first-order valence-electron chi connectivity index (χ1n) is 9.91. The number of carbonyl (C=O) groups is 3. The molecule has 29 heavy (non-hydrogen) atoms. The van der Waals surface area contributed by atoms with Crippen LogP contribution >= 0.6 is 31.9 Å². The van der Waals surface area contributed by atoms with Crippen molar-refractivity contribution in [1.29, 1.82) is 0 Å². The number of furan rings is 1. The van der Waals surface area contributed by atoms with Gasteiger partial charge in [0.15, 0.2) is 21.2 Å². The van der Waals surface area contributed by atoms with Crippen LogP contribution in [0.4, 0.5) is 0 Å². The molecule has 3 aliphatic rings. The summed E-state index contributed by atoms with van der Waals surface area (Å²) in [6.07, 6.45) is 2.12. The highest BCUT2D eigenvalue weighted by Crippen LogP contribution is 2.63. The first kappa shape index (κ1) is 21.1. The number of hydrogen-bond donors (Lipinski definition) is 0. The van der Waals surface area contributed by atoms with E-state index in [1.165, 1.54) is 6.92 Å². The average molecular weight is 532 g/mol. The van der Waals surface area contributed by atoms with E-state index < -0.39 is 23.6 Å². The number of ether oxygens (including phenoxy) is 2. The fourth-order valence-corrected chi connectivity index (χ4v) is 7.22. The molecule has 0 radical (unpaired) electrons. The molecule has 2 heterocycles. The number of Topliss-reactive ketones (excluding diaryl/α,β-unsaturated/α-hetero) is 1. The third kappa shape index (κ3) is 3.40. The minimum Gasteiger partial charge on any atom is -0.457 e. The molecular weight excluding hydrogens is 508 g/mol. The number of cyclic esters (lactones) is 1. The van der Waals surface area contributed by atoms with Crippen molar-refractivity contribution in [1.82, 2.24) is 0 Å². The molecule has 6 nitrogen and oxygen atoms in total. The van der Waals surface area contributed by atoms with E-state index in [1.54, 1.807) is 6.07 Å². The molecule has 0 bridgehead atoms. The van der Waals surface area contributed by atoms with Crippen LogP contribution in [0.1, 0.15) is 64.5 Å². The minimum absolute atomic E-state index is 0.0537. The lowest BCUT2D eigenvalue weighted by Gasteiger charge is -2.59. The number of ketones is 1. The van der Waals surface area contributed by atoms with Crippen molar-refractivity contribution in [3.63, 3.8) is 0 Å². The second-order valence-electron chi connectivity index (χ2n) is 9.13. The monoisotopic (exact) mass is 530 g/mol. The SMILES string of the molecule is CC(=O)O[C@H]1CC[C@]2(C)CC[C@H]3C(=O)O[C@@H](c4cc(Br)oc4Br)C[C@]3(C)[C@H]2C1=O. The number of rotatable bonds is 2. The van der Waals surface area contributed by atoms with Gasteiger partial charge in [0.25, 0.3) is 0 Å². The van der Waals surface area contributed by atoms with Gasteiger partial charge in [-0.05, 0) is 80.9 Å². The minimum atomic E-state index is -0.729. The van der Waals surface area contributed by atoms with Crippen molar-refractivity contribution in [2.75, 3.05) is 0 Å². The van der Waals surface area contributed by atoms with E-state index in [9.17, 15) is 14.4 Å². The summed E-state index contributed by atoms with van der Waals surface area (Å²) in [6, 6.07) is 1.79. The van der Waals surface area contributed by atoms with E-state index in [2.05, 4.69) is 38.8 Å². The van der Waals surface area contributed by atoms with Gasteiger partial charge >= 0.3 is 11.9 Å². The summed E-state index contributed by atoms with van der Waals surface area (Å²) in [7, 11) is 0. The summed E-state index contributed by atoms with van der Waals surface area (Å²) in [6.45, 7) is 5.50. The van der Waals surface area contributed by atoms with E-state index in [0.717, 1.165) is 18.4 Å². The standard InChI is InChI=1S/C21H24Br2O6/c1-10(24)27-13-5-7-20(2)6-4-12-19(26)28-14(11-8-15(22)29-18(11)23)9-21(12,3)17(20)16(13)25/h8,12-14,17H,4-7,9H2,1-3H3/t12-,13-,14+,17-,20-,21-/m0/s1. The molecule has 0 spiro atoms. The van der Waals surface area contributed by atoms with Gasteiger partial charge in [0.05, 0.1) is 5.92 Å². The molecule has 1 aromatic heterocycles. The molecule has 0 aromatic carbocycles. The van der Waals surface area contributed by atoms with E-state index in [0.29, 0.717) is 28.6 Å². The highest BCUT2D eigenvalue weighted by molar-refractivity contribution is 9.11. The fraction of sp³-hybridized carbons (Fsp3) is 0.667. The number of fused-ring (bicyclic) bond motifs is 3. The van der Waals surface area contributed by atoms with Gasteiger partial charge in [0.2, 0.25) is 0 Å². The fourth-order valence-electron chi connectivity index (χ4n) is 6.05. The van der Waals surface area contributed by atoms with Crippen LogP contribution in [0.25, 0.3) is 0 Å². The predicted molar refractivity (Wildman–Crippen MR) is 110 cm³/mol. The van der Waals surface area contributed by atoms with Crippen molar-refractivity contribution < 1.29 is 28.3 Å². The summed E-state index contributed by atoms with van der Waals surface area (Å²) < 4.78 is 17.7. The number of carbonyl (C=O) groups excluding carboxylic acids is 3. The van der Waals surface area contributed by atoms with Gasteiger partial charge in [-0.3, -0.25) is 14.4 Å². The van der Waals surface area contributed by atoms with Gasteiger partial charge in [0, 0.05) is 18.4 Å². The highest BCUT2D eigenvalue weighted by atomic mass is 79.9. The van der Waals surface area contributed by atoms with Crippen LogP contribution in [0.5, 0.6) is 0 Å². The van der Waals surface area contributed by atoms with Gasteiger partial charge in [-0.15, -0.1) is 0 Å². The molecule has 0 unspecified atom stereocenters. The van der Waals surface area contributed by atoms with Crippen LogP contribution in [-0.2, 0) is 23.9 Å². The lowest BCUT2D eigenvalue weighted by molar-refractivity contribution is -0.201. The van der Waals surface area contributed by atoms with Gasteiger partial charge in [0.1, 0.15) is 6.10 Å². The van der Waals surface area contributed by atoms with Gasteiger partial charge in [-0.25, -0.2) is 0 Å². The van der Waals surface area contributed by atoms with Crippen molar-refractivity contribution in [3.8, 4) is 0 Å². The Morgan fingerprint density at radius 1 is 1.21 bits per heavy atom. The Morgan fingerprint density at radius 3 is 2.52 bits per heavy atom. The highest BCUT2D eigenvalue weighted by Gasteiger charge is 2.64. The second-order valence-corrected chi connectivity index (χ2v) is 10.6. The zero-order valence-corrected chi connectivity index (χ0v) is 19.8. The first-order chi connectivity index (χ1) is 13.5. The molecule has 1 aromatic rings. The van der Waals surface area contributed by atoms with Crippen LogP contribution in [0.3, 0.4) is 0 Å². The Bertz CT molecular complexity index is 879. The van der Waals surface area contributed by atoms with Gasteiger partial charge in [-0.2, -0.15) is 0 Å². The quantitative estimate of drug-likeness (QED) is 0.492. The second kappa shape index (κ2) is 7.22. The molecule has 158 valence electrons. The zero-order valence-electron chi connectivity index (χ0n) is 16.6. The Labute approximate surface area is 186 Å². The Hall–Kier alpha value is -1.15. The van der Waals surface area contributed by atoms with E-state index in [4.69, 9.17) is 13.9 Å². The molecule has 0 N–H and O–H groups in total. The summed E-state index contributed by atoms with van der Waals surface area (Å²) >= 11 is 6.71. The molecule has 2 aliphatic carbocycles. The van der Waals surface area contributed by atoms with E-state index in [1.807, 2.05) is 6.92 Å². The van der Waals surface area contributed by atoms with Crippen LogP contribution in [0.2, 0.25) is 0 Å². The predicted octanol–water partition coefficient (Wildman–Crippen LogP) is 5.13. The average Bonchev–Trinajstić information content (AvgIpc) is 2.94. The summed E-state index contributed by atoms with van der Waals surface area (Å²) in [5, 5.41) is 0. The molecule has 6 atom stereocenters. The van der Waals surface area contributed by atoms with E-state index >= 15 is 0 Å². The molecular formula is C21H24Br2O6. The number of halogens is 2. The Kier molecular flexibility index (Phi) is 5.25. The van der Waals surface area contributed by atoms with Crippen molar-refractivity contribution in [2.24, 2.45) is 22.7 Å². The van der Waals surface area contributed by atoms with Crippen LogP contribution in [0.15, 0.2) is 19.8 Å². The third-order valence-corrected chi connectivity index (χ3v) is 8.25. The van der Waals surface area contributed by atoms with E-state index in [-0.39, 0.29) is 29.0 Å². The largest absolute Gasteiger partial charge is 0.457 e. The molecule has 1 saturated heterocycles. The molecule has 3 fully saturated rings. The number of hydrogen-bond acceptors (Lipinski definition) is 6.